The first-order chi connectivity index (χ1) is 7.77. The quantitative estimate of drug-likeness (QED) is 0.419. The molecule has 0 radical (unpaired) electrons. The zero-order valence-corrected chi connectivity index (χ0v) is 10.5. The van der Waals surface area contributed by atoms with E-state index >= 15 is 0 Å². The van der Waals surface area contributed by atoms with Gasteiger partial charge in [-0.2, -0.15) is 0 Å². The molecule has 1 amide bonds. The summed E-state index contributed by atoms with van der Waals surface area (Å²) in [5.74, 6) is -0.323. The first-order valence-electron chi connectivity index (χ1n) is 5.25. The number of amides is 1. The Morgan fingerprint density at radius 1 is 1.06 bits per heavy atom. The van der Waals surface area contributed by atoms with Crippen LogP contribution in [-0.4, -0.2) is 16.1 Å². The van der Waals surface area contributed by atoms with Crippen LogP contribution < -0.4 is 5.32 Å². The zero-order valence-electron chi connectivity index (χ0n) is 10.5. The first-order valence-corrected chi connectivity index (χ1v) is 5.25. The second kappa shape index (κ2) is 4.49. The highest BCUT2D eigenvalue weighted by Gasteiger charge is 2.18. The lowest BCUT2D eigenvalue weighted by Gasteiger charge is -2.16. The third-order valence-electron chi connectivity index (χ3n) is 2.87. The molecular weight excluding hydrogens is 218 g/mol. The minimum atomic E-state index is -0.383. The monoisotopic (exact) mass is 235 g/mol. The summed E-state index contributed by atoms with van der Waals surface area (Å²) in [6.07, 6.45) is 0. The van der Waals surface area contributed by atoms with Crippen molar-refractivity contribution < 1.29 is 15.0 Å². The van der Waals surface area contributed by atoms with E-state index in [9.17, 15) is 15.0 Å². The first kappa shape index (κ1) is 13.1. The van der Waals surface area contributed by atoms with Crippen LogP contribution in [0.25, 0.3) is 0 Å². The molecule has 4 nitrogen and oxygen atoms in total. The molecule has 0 aromatic heterocycles. The Hall–Kier alpha value is -1.97. The summed E-state index contributed by atoms with van der Waals surface area (Å²) in [7, 11) is 0. The summed E-state index contributed by atoms with van der Waals surface area (Å²) in [4.78, 5) is 11.5. The average Bonchev–Trinajstić information content (AvgIpc) is 2.29. The van der Waals surface area contributed by atoms with Crippen LogP contribution in [0.5, 0.6) is 11.5 Å². The van der Waals surface area contributed by atoms with E-state index in [-0.39, 0.29) is 23.1 Å². The van der Waals surface area contributed by atoms with E-state index in [1.807, 2.05) is 0 Å². The smallest absolute Gasteiger partial charge is 0.250 e. The molecule has 0 heterocycles. The van der Waals surface area contributed by atoms with Gasteiger partial charge in [-0.05, 0) is 38.8 Å². The van der Waals surface area contributed by atoms with E-state index in [0.29, 0.717) is 22.3 Å². The van der Waals surface area contributed by atoms with Gasteiger partial charge in [-0.25, -0.2) is 0 Å². The molecular formula is C13H17NO3. The summed E-state index contributed by atoms with van der Waals surface area (Å²) in [6.45, 7) is 10.1. The molecule has 0 aliphatic heterocycles. The molecule has 0 bridgehead atoms. The molecule has 0 saturated carbocycles. The Bertz CT molecular complexity index is 475. The van der Waals surface area contributed by atoms with Gasteiger partial charge in [0.05, 0.1) is 5.69 Å². The number of phenolic OH excluding ortho intramolecular Hbond substituents is 2. The van der Waals surface area contributed by atoms with Crippen molar-refractivity contribution in [2.45, 2.75) is 27.7 Å². The molecule has 0 fully saturated rings. The fraction of sp³-hybridized carbons (Fsp3) is 0.308. The van der Waals surface area contributed by atoms with Gasteiger partial charge >= 0.3 is 0 Å². The van der Waals surface area contributed by atoms with Crippen molar-refractivity contribution in [3.8, 4) is 11.5 Å². The van der Waals surface area contributed by atoms with Gasteiger partial charge in [0, 0.05) is 11.1 Å². The van der Waals surface area contributed by atoms with Gasteiger partial charge in [0.25, 0.3) is 5.91 Å². The summed E-state index contributed by atoms with van der Waals surface area (Å²) in [5, 5.41) is 22.4. The Balaban J connectivity index is 3.35. The number of carbonyl (C=O) groups excluding carboxylic acids is 1. The van der Waals surface area contributed by atoms with Gasteiger partial charge < -0.3 is 15.5 Å². The van der Waals surface area contributed by atoms with Crippen LogP contribution in [0.4, 0.5) is 5.69 Å². The van der Waals surface area contributed by atoms with Crippen LogP contribution in [0.2, 0.25) is 0 Å². The lowest BCUT2D eigenvalue weighted by Crippen LogP contribution is -2.13. The number of nitrogens with one attached hydrogen (secondary N) is 1. The number of hydrogen-bond acceptors (Lipinski definition) is 3. The Kier molecular flexibility index (Phi) is 3.46. The summed E-state index contributed by atoms with van der Waals surface area (Å²) < 4.78 is 0. The lowest BCUT2D eigenvalue weighted by molar-refractivity contribution is -0.112. The highest BCUT2D eigenvalue weighted by atomic mass is 16.3. The molecule has 1 rings (SSSR count). The van der Waals surface area contributed by atoms with E-state index in [0.717, 1.165) is 0 Å². The topological polar surface area (TPSA) is 69.6 Å². The minimum Gasteiger partial charge on any atom is -0.507 e. The van der Waals surface area contributed by atoms with E-state index in [1.54, 1.807) is 27.7 Å². The van der Waals surface area contributed by atoms with Crippen LogP contribution in [0, 0.1) is 20.8 Å². The fourth-order valence-corrected chi connectivity index (χ4v) is 1.49. The maximum absolute atomic E-state index is 11.5. The standard InChI is InChI=1S/C13H17NO3/c1-6(2)13(17)14-10-9(5)11(15)7(3)8(4)12(10)16/h15-16H,1H2,2-5H3,(H,14,17). The summed E-state index contributed by atoms with van der Waals surface area (Å²) in [6, 6.07) is 0. The van der Waals surface area contributed by atoms with Gasteiger partial charge in [-0.15, -0.1) is 0 Å². The van der Waals surface area contributed by atoms with Crippen molar-refractivity contribution in [1.29, 1.82) is 0 Å². The third kappa shape index (κ3) is 2.25. The second-order valence-electron chi connectivity index (χ2n) is 4.18. The fourth-order valence-electron chi connectivity index (χ4n) is 1.49. The molecule has 0 spiro atoms. The average molecular weight is 235 g/mol. The summed E-state index contributed by atoms with van der Waals surface area (Å²) >= 11 is 0. The second-order valence-corrected chi connectivity index (χ2v) is 4.18. The Morgan fingerprint density at radius 3 is 2.00 bits per heavy atom. The van der Waals surface area contributed by atoms with Crippen molar-refractivity contribution in [2.75, 3.05) is 5.32 Å². The predicted octanol–water partition coefficient (Wildman–Crippen LogP) is 2.54. The molecule has 1 aromatic carbocycles. The molecule has 3 N–H and O–H groups in total. The summed E-state index contributed by atoms with van der Waals surface area (Å²) in [5.41, 5.74) is 2.17. The van der Waals surface area contributed by atoms with Crippen LogP contribution in [0.3, 0.4) is 0 Å². The molecule has 92 valence electrons. The molecule has 0 unspecified atom stereocenters. The number of carbonyl (C=O) groups is 1. The Labute approximate surface area is 101 Å². The predicted molar refractivity (Wildman–Crippen MR) is 67.4 cm³/mol. The molecule has 0 saturated heterocycles. The van der Waals surface area contributed by atoms with Crippen molar-refractivity contribution in [2.24, 2.45) is 0 Å². The van der Waals surface area contributed by atoms with Gasteiger partial charge in [-0.1, -0.05) is 6.58 Å². The van der Waals surface area contributed by atoms with E-state index in [1.165, 1.54) is 0 Å². The third-order valence-corrected chi connectivity index (χ3v) is 2.87. The van der Waals surface area contributed by atoms with Gasteiger partial charge in [0.1, 0.15) is 11.5 Å². The van der Waals surface area contributed by atoms with Crippen LogP contribution in [-0.2, 0) is 4.79 Å². The minimum absolute atomic E-state index is 0.0209. The molecule has 0 atom stereocenters. The molecule has 17 heavy (non-hydrogen) atoms. The number of hydrogen-bond donors (Lipinski definition) is 3. The zero-order chi connectivity index (χ0) is 13.3. The van der Waals surface area contributed by atoms with Crippen molar-refractivity contribution >= 4 is 11.6 Å². The van der Waals surface area contributed by atoms with Gasteiger partial charge in [-0.3, -0.25) is 4.79 Å². The van der Waals surface area contributed by atoms with Crippen LogP contribution in [0.1, 0.15) is 23.6 Å². The maximum atomic E-state index is 11.5. The van der Waals surface area contributed by atoms with Gasteiger partial charge in [0.15, 0.2) is 0 Å². The number of phenols is 2. The number of rotatable bonds is 2. The van der Waals surface area contributed by atoms with E-state index in [4.69, 9.17) is 0 Å². The highest BCUT2D eigenvalue weighted by Crippen LogP contribution is 2.40. The highest BCUT2D eigenvalue weighted by molar-refractivity contribution is 6.04. The normalized spacial score (nSPS) is 10.1. The number of anilines is 1. The van der Waals surface area contributed by atoms with E-state index in [2.05, 4.69) is 11.9 Å². The van der Waals surface area contributed by atoms with Crippen molar-refractivity contribution in [3.05, 3.63) is 28.8 Å². The lowest BCUT2D eigenvalue weighted by atomic mass is 10.0. The molecule has 4 heteroatoms. The molecule has 0 aliphatic rings. The molecule has 1 aromatic rings. The Morgan fingerprint density at radius 2 is 1.53 bits per heavy atom. The SMILES string of the molecule is C=C(C)C(=O)Nc1c(C)c(O)c(C)c(C)c1O. The largest absolute Gasteiger partial charge is 0.507 e. The number of aromatic hydroxyl groups is 2. The maximum Gasteiger partial charge on any atom is 0.250 e. The van der Waals surface area contributed by atoms with Crippen LogP contribution >= 0.6 is 0 Å². The van der Waals surface area contributed by atoms with Gasteiger partial charge in [0.2, 0.25) is 0 Å². The van der Waals surface area contributed by atoms with Crippen LogP contribution in [0.15, 0.2) is 12.2 Å². The van der Waals surface area contributed by atoms with E-state index < -0.39 is 0 Å². The van der Waals surface area contributed by atoms with Crippen molar-refractivity contribution in [3.63, 3.8) is 0 Å². The van der Waals surface area contributed by atoms with Crippen molar-refractivity contribution in [1.82, 2.24) is 0 Å². The molecule has 0 aliphatic carbocycles. The number of benzene rings is 1.